The summed E-state index contributed by atoms with van der Waals surface area (Å²) in [6.45, 7) is 1.14. The summed E-state index contributed by atoms with van der Waals surface area (Å²) in [7, 11) is 0. The highest BCUT2D eigenvalue weighted by atomic mass is 16.7. The first kappa shape index (κ1) is 6.90. The van der Waals surface area contributed by atoms with Crippen LogP contribution in [-0.4, -0.2) is 17.6 Å². The van der Waals surface area contributed by atoms with Crippen molar-refractivity contribution in [1.82, 2.24) is 5.17 Å². The Morgan fingerprint density at radius 2 is 2.38 bits per heavy atom. The molecule has 0 aliphatic rings. The fourth-order valence-corrected chi connectivity index (χ4v) is 0.170. The molecule has 5 nitrogen and oxygen atoms in total. The summed E-state index contributed by atoms with van der Waals surface area (Å²) in [4.78, 5) is 23.5. The third-order valence-corrected chi connectivity index (χ3v) is 0.338. The first-order valence-electron chi connectivity index (χ1n) is 1.84. The van der Waals surface area contributed by atoms with Gasteiger partial charge in [-0.1, -0.05) is 0 Å². The maximum absolute atomic E-state index is 9.91. The third kappa shape index (κ3) is 3.10. The summed E-state index contributed by atoms with van der Waals surface area (Å²) in [6.07, 6.45) is 0.182. The zero-order chi connectivity index (χ0) is 6.57. The van der Waals surface area contributed by atoms with E-state index in [0.29, 0.717) is 5.17 Å². The quantitative estimate of drug-likeness (QED) is 0.214. The average Bonchev–Trinajstić information content (AvgIpc) is 1.65. The molecule has 0 unspecified atom stereocenters. The number of nitrogens with zero attached hydrogens (tertiary/aromatic N) is 1. The van der Waals surface area contributed by atoms with Crippen LogP contribution in [0.5, 0.6) is 0 Å². The number of hydrazine groups is 1. The van der Waals surface area contributed by atoms with Crippen molar-refractivity contribution in [2.75, 3.05) is 0 Å². The number of amides is 1. The van der Waals surface area contributed by atoms with Crippen LogP contribution in [0.4, 0.5) is 0 Å². The Morgan fingerprint density at radius 3 is 2.50 bits per heavy atom. The van der Waals surface area contributed by atoms with Gasteiger partial charge in [-0.05, 0) is 0 Å². The van der Waals surface area contributed by atoms with Gasteiger partial charge in [0.25, 0.3) is 6.41 Å². The zero-order valence-electron chi connectivity index (χ0n) is 4.33. The molecule has 0 heterocycles. The number of hydroxylamine groups is 1. The van der Waals surface area contributed by atoms with Crippen LogP contribution in [0.25, 0.3) is 0 Å². The molecule has 0 aromatic rings. The third-order valence-electron chi connectivity index (χ3n) is 0.338. The summed E-state index contributed by atoms with van der Waals surface area (Å²) >= 11 is 0. The molecule has 0 atom stereocenters. The van der Waals surface area contributed by atoms with Gasteiger partial charge in [0.05, 0.1) is 0 Å². The number of hydrogen-bond acceptors (Lipinski definition) is 4. The highest BCUT2D eigenvalue weighted by molar-refractivity contribution is 5.66. The first-order chi connectivity index (χ1) is 3.66. The highest BCUT2D eigenvalue weighted by Gasteiger charge is 1.95. The molecular weight excluding hydrogens is 112 g/mol. The van der Waals surface area contributed by atoms with Gasteiger partial charge in [0, 0.05) is 6.92 Å². The monoisotopic (exact) mass is 118 g/mol. The minimum atomic E-state index is -0.625. The Morgan fingerprint density at radius 1 is 1.88 bits per heavy atom. The zero-order valence-corrected chi connectivity index (χ0v) is 4.33. The number of hydrogen-bond donors (Lipinski definition) is 1. The lowest BCUT2D eigenvalue weighted by molar-refractivity contribution is -0.189. The van der Waals surface area contributed by atoms with Gasteiger partial charge in [-0.3, -0.25) is 4.79 Å². The SMILES string of the molecule is CC(=O)ON(N)C=O. The Kier molecular flexibility index (Phi) is 2.57. The van der Waals surface area contributed by atoms with Gasteiger partial charge < -0.3 is 4.84 Å². The van der Waals surface area contributed by atoms with Crippen molar-refractivity contribution in [2.45, 2.75) is 6.92 Å². The highest BCUT2D eigenvalue weighted by Crippen LogP contribution is 1.73. The standard InChI is InChI=1S/C3H6N2O3/c1-3(7)8-5(4)2-6/h2H,4H2,1H3. The Hall–Kier alpha value is -1.10. The fraction of sp³-hybridized carbons (Fsp3) is 0.333. The van der Waals surface area contributed by atoms with Gasteiger partial charge in [-0.25, -0.2) is 10.6 Å². The van der Waals surface area contributed by atoms with Crippen LogP contribution in [-0.2, 0) is 14.4 Å². The predicted molar refractivity (Wildman–Crippen MR) is 23.9 cm³/mol. The van der Waals surface area contributed by atoms with E-state index < -0.39 is 5.97 Å². The van der Waals surface area contributed by atoms with Crippen molar-refractivity contribution < 1.29 is 14.4 Å². The van der Waals surface area contributed by atoms with E-state index in [1.54, 1.807) is 0 Å². The Labute approximate surface area is 45.9 Å². The van der Waals surface area contributed by atoms with Crippen molar-refractivity contribution in [2.24, 2.45) is 5.84 Å². The van der Waals surface area contributed by atoms with Gasteiger partial charge in [0.2, 0.25) is 0 Å². The smallest absolute Gasteiger partial charge is 0.323 e. The molecule has 0 radical (unpaired) electrons. The number of carbonyl (C=O) groups excluding carboxylic acids is 2. The summed E-state index contributed by atoms with van der Waals surface area (Å²) in [6, 6.07) is 0. The molecule has 0 aliphatic carbocycles. The van der Waals surface area contributed by atoms with E-state index in [2.05, 4.69) is 4.84 Å². The molecule has 2 N–H and O–H groups in total. The lowest BCUT2D eigenvalue weighted by Gasteiger charge is -2.05. The van der Waals surface area contributed by atoms with Crippen molar-refractivity contribution in [3.8, 4) is 0 Å². The van der Waals surface area contributed by atoms with Crippen LogP contribution < -0.4 is 5.84 Å². The molecule has 46 valence electrons. The molecule has 1 amide bonds. The van der Waals surface area contributed by atoms with E-state index >= 15 is 0 Å². The maximum Gasteiger partial charge on any atom is 0.331 e. The van der Waals surface area contributed by atoms with Gasteiger partial charge in [-0.15, -0.1) is 5.17 Å². The summed E-state index contributed by atoms with van der Waals surface area (Å²) in [5.41, 5.74) is 0. The van der Waals surface area contributed by atoms with Crippen LogP contribution in [0.15, 0.2) is 0 Å². The minimum Gasteiger partial charge on any atom is -0.323 e. The van der Waals surface area contributed by atoms with Crippen LogP contribution in [0.1, 0.15) is 6.92 Å². The minimum absolute atomic E-state index is 0.182. The second kappa shape index (κ2) is 2.98. The van der Waals surface area contributed by atoms with E-state index in [1.807, 2.05) is 0 Å². The summed E-state index contributed by atoms with van der Waals surface area (Å²) in [5, 5.41) is 0.294. The normalized spacial score (nSPS) is 7.75. The van der Waals surface area contributed by atoms with Crippen LogP contribution in [0.3, 0.4) is 0 Å². The van der Waals surface area contributed by atoms with Gasteiger partial charge >= 0.3 is 5.97 Å². The first-order valence-corrected chi connectivity index (χ1v) is 1.84. The van der Waals surface area contributed by atoms with Crippen LogP contribution in [0, 0.1) is 0 Å². The molecule has 0 fully saturated rings. The molecule has 0 rings (SSSR count). The number of rotatable bonds is 2. The van der Waals surface area contributed by atoms with E-state index in [-0.39, 0.29) is 6.41 Å². The maximum atomic E-state index is 9.91. The molecule has 0 aromatic carbocycles. The van der Waals surface area contributed by atoms with Crippen molar-refractivity contribution >= 4 is 12.4 Å². The fourth-order valence-electron chi connectivity index (χ4n) is 0.170. The summed E-state index contributed by atoms with van der Waals surface area (Å²) in [5.74, 6) is 4.07. The lowest BCUT2D eigenvalue weighted by Crippen LogP contribution is -2.31. The molecule has 0 saturated carbocycles. The second-order valence-corrected chi connectivity index (χ2v) is 1.05. The van der Waals surface area contributed by atoms with Gasteiger partial charge in [0.1, 0.15) is 0 Å². The van der Waals surface area contributed by atoms with Crippen molar-refractivity contribution in [3.63, 3.8) is 0 Å². The average molecular weight is 118 g/mol. The van der Waals surface area contributed by atoms with Crippen molar-refractivity contribution in [3.05, 3.63) is 0 Å². The van der Waals surface area contributed by atoms with Crippen LogP contribution in [0.2, 0.25) is 0 Å². The van der Waals surface area contributed by atoms with Crippen LogP contribution >= 0.6 is 0 Å². The number of nitrogens with two attached hydrogens (primary N) is 1. The van der Waals surface area contributed by atoms with E-state index in [0.717, 1.165) is 6.92 Å². The molecule has 8 heavy (non-hydrogen) atoms. The van der Waals surface area contributed by atoms with E-state index in [4.69, 9.17) is 5.84 Å². The van der Waals surface area contributed by atoms with Gasteiger partial charge in [0.15, 0.2) is 0 Å². The Balaban J connectivity index is 3.38. The molecule has 0 spiro atoms. The Bertz CT molecular complexity index is 103. The molecule has 0 aromatic heterocycles. The predicted octanol–water partition coefficient (Wildman–Crippen LogP) is -1.20. The van der Waals surface area contributed by atoms with E-state index in [1.165, 1.54) is 0 Å². The molecule has 5 heteroatoms. The molecule has 0 bridgehead atoms. The summed E-state index contributed by atoms with van der Waals surface area (Å²) < 4.78 is 0. The number of carbonyl (C=O) groups is 2. The topological polar surface area (TPSA) is 72.6 Å². The molecule has 0 saturated heterocycles. The lowest BCUT2D eigenvalue weighted by atomic mass is 10.8. The largest absolute Gasteiger partial charge is 0.331 e. The molecule has 0 aliphatic heterocycles. The second-order valence-electron chi connectivity index (χ2n) is 1.05. The van der Waals surface area contributed by atoms with Gasteiger partial charge in [-0.2, -0.15) is 0 Å². The molecular formula is C3H6N2O3. The van der Waals surface area contributed by atoms with E-state index in [9.17, 15) is 9.59 Å². The van der Waals surface area contributed by atoms with Crippen molar-refractivity contribution in [1.29, 1.82) is 0 Å².